The first-order valence-electron chi connectivity index (χ1n) is 12.7. The summed E-state index contributed by atoms with van der Waals surface area (Å²) >= 11 is 12.5. The molecule has 5 rings (SSSR count). The highest BCUT2D eigenvalue weighted by Gasteiger charge is 2.41. The van der Waals surface area contributed by atoms with Crippen LogP contribution >= 0.6 is 23.2 Å². The highest BCUT2D eigenvalue weighted by Crippen LogP contribution is 2.48. The Kier molecular flexibility index (Phi) is 7.15. The molecule has 1 heterocycles. The molecule has 2 atom stereocenters. The minimum absolute atomic E-state index is 0.00276. The molecule has 0 radical (unpaired) electrons. The number of carbonyl (C=O) groups excluding carboxylic acids is 2. The molecule has 1 N–H and O–H groups in total. The Hall–Kier alpha value is -3.08. The topological polar surface area (TPSA) is 49.4 Å². The van der Waals surface area contributed by atoms with Crippen LogP contribution in [-0.2, 0) is 9.59 Å². The fourth-order valence-electron chi connectivity index (χ4n) is 5.38. The number of fused-ring (bicyclic) bond motifs is 1. The molecular formula is C31H30Cl2N2O2. The summed E-state index contributed by atoms with van der Waals surface area (Å²) in [6.45, 7) is 6.12. The maximum atomic E-state index is 14.0. The molecule has 3 aromatic carbocycles. The van der Waals surface area contributed by atoms with Gasteiger partial charge in [-0.2, -0.15) is 0 Å². The summed E-state index contributed by atoms with van der Waals surface area (Å²) < 4.78 is 0. The van der Waals surface area contributed by atoms with Gasteiger partial charge < -0.3 is 5.32 Å². The number of amides is 1. The van der Waals surface area contributed by atoms with Crippen molar-refractivity contribution in [1.29, 1.82) is 0 Å². The number of para-hydroxylation sites is 2. The standard InChI is InChI=1S/C31H30Cl2N2O2/c1-18(2)14-29(37)35-27-7-5-4-6-25(27)34-26-16-22(21-12-13-23(32)24(33)15-21)17-28(36)30(26)31(35)20-10-8-19(3)9-11-20/h4-13,15,18,22,31,34H,14,16-17H2,1-3H3/t22-,31+/m0/s1. The number of nitrogens with zero attached hydrogens (tertiary/aromatic N) is 1. The second-order valence-corrected chi connectivity index (χ2v) is 11.2. The zero-order chi connectivity index (χ0) is 26.3. The number of ketones is 1. The number of carbonyl (C=O) groups is 2. The molecule has 0 unspecified atom stereocenters. The second-order valence-electron chi connectivity index (χ2n) is 10.4. The van der Waals surface area contributed by atoms with E-state index in [0.717, 1.165) is 33.8 Å². The Morgan fingerprint density at radius 1 is 0.973 bits per heavy atom. The van der Waals surface area contributed by atoms with E-state index in [4.69, 9.17) is 23.2 Å². The fraction of sp³-hybridized carbons (Fsp3) is 0.290. The van der Waals surface area contributed by atoms with E-state index in [2.05, 4.69) is 5.32 Å². The van der Waals surface area contributed by atoms with Crippen molar-refractivity contribution in [2.24, 2.45) is 5.92 Å². The summed E-state index contributed by atoms with van der Waals surface area (Å²) in [5, 5.41) is 4.55. The van der Waals surface area contributed by atoms with E-state index in [1.54, 1.807) is 6.07 Å². The van der Waals surface area contributed by atoms with Crippen LogP contribution in [0, 0.1) is 12.8 Å². The predicted octanol–water partition coefficient (Wildman–Crippen LogP) is 8.25. The average Bonchev–Trinajstić information content (AvgIpc) is 3.00. The van der Waals surface area contributed by atoms with Gasteiger partial charge in [-0.15, -0.1) is 0 Å². The molecule has 0 spiro atoms. The van der Waals surface area contributed by atoms with Crippen molar-refractivity contribution in [1.82, 2.24) is 0 Å². The van der Waals surface area contributed by atoms with Crippen molar-refractivity contribution in [2.45, 2.75) is 52.0 Å². The first kappa shape index (κ1) is 25.6. The van der Waals surface area contributed by atoms with Gasteiger partial charge in [0, 0.05) is 24.1 Å². The van der Waals surface area contributed by atoms with Gasteiger partial charge >= 0.3 is 0 Å². The molecule has 3 aromatic rings. The molecular weight excluding hydrogens is 503 g/mol. The summed E-state index contributed by atoms with van der Waals surface area (Å²) in [6.07, 6.45) is 1.35. The summed E-state index contributed by atoms with van der Waals surface area (Å²) in [5.41, 5.74) is 6.15. The van der Waals surface area contributed by atoms with Crippen LogP contribution in [-0.4, -0.2) is 11.7 Å². The predicted molar refractivity (Wildman–Crippen MR) is 151 cm³/mol. The third kappa shape index (κ3) is 5.05. The van der Waals surface area contributed by atoms with Crippen LogP contribution in [0.2, 0.25) is 10.0 Å². The molecule has 6 heteroatoms. The number of hydrogen-bond acceptors (Lipinski definition) is 3. The molecule has 0 fully saturated rings. The van der Waals surface area contributed by atoms with Crippen LogP contribution in [0.4, 0.5) is 11.4 Å². The number of nitrogens with one attached hydrogen (secondary N) is 1. The largest absolute Gasteiger partial charge is 0.357 e. The van der Waals surface area contributed by atoms with Crippen molar-refractivity contribution in [3.63, 3.8) is 0 Å². The van der Waals surface area contributed by atoms with E-state index in [1.807, 2.05) is 86.3 Å². The monoisotopic (exact) mass is 532 g/mol. The summed E-state index contributed by atoms with van der Waals surface area (Å²) in [7, 11) is 0. The summed E-state index contributed by atoms with van der Waals surface area (Å²) in [5.74, 6) is 0.176. The van der Waals surface area contributed by atoms with Gasteiger partial charge in [-0.25, -0.2) is 0 Å². The smallest absolute Gasteiger partial charge is 0.228 e. The lowest BCUT2D eigenvalue weighted by Crippen LogP contribution is -2.39. The molecule has 1 aliphatic carbocycles. The van der Waals surface area contributed by atoms with E-state index in [-0.39, 0.29) is 23.5 Å². The first-order chi connectivity index (χ1) is 17.7. The SMILES string of the molecule is Cc1ccc([C@@H]2C3=C(C[C@H](c4ccc(Cl)c(Cl)c4)CC3=O)Nc3ccccc3N2C(=O)CC(C)C)cc1. The number of Topliss-reactive ketones (excluding diaryl/α,β-unsaturated/α-hetero) is 1. The van der Waals surface area contributed by atoms with Crippen LogP contribution in [0.3, 0.4) is 0 Å². The molecule has 0 saturated carbocycles. The Labute approximate surface area is 228 Å². The second kappa shape index (κ2) is 10.4. The van der Waals surface area contributed by atoms with E-state index in [9.17, 15) is 9.59 Å². The van der Waals surface area contributed by atoms with Crippen molar-refractivity contribution < 1.29 is 9.59 Å². The van der Waals surface area contributed by atoms with Gasteiger partial charge in [0.25, 0.3) is 0 Å². The average molecular weight is 533 g/mol. The van der Waals surface area contributed by atoms with Gasteiger partial charge in [-0.3, -0.25) is 14.5 Å². The van der Waals surface area contributed by atoms with Gasteiger partial charge in [0.15, 0.2) is 5.78 Å². The quantitative estimate of drug-likeness (QED) is 0.367. The number of aryl methyl sites for hydroxylation is 1. The Bertz CT molecular complexity index is 1390. The van der Waals surface area contributed by atoms with Crippen LogP contribution in [0.5, 0.6) is 0 Å². The lowest BCUT2D eigenvalue weighted by atomic mass is 9.78. The van der Waals surface area contributed by atoms with Crippen molar-refractivity contribution in [3.8, 4) is 0 Å². The minimum atomic E-state index is -0.514. The summed E-state index contributed by atoms with van der Waals surface area (Å²) in [6, 6.07) is 21.0. The highest BCUT2D eigenvalue weighted by molar-refractivity contribution is 6.42. The maximum absolute atomic E-state index is 14.0. The molecule has 190 valence electrons. The van der Waals surface area contributed by atoms with E-state index >= 15 is 0 Å². The van der Waals surface area contributed by atoms with Gasteiger partial charge in [0.05, 0.1) is 27.5 Å². The van der Waals surface area contributed by atoms with Crippen molar-refractivity contribution >= 4 is 46.3 Å². The summed E-state index contributed by atoms with van der Waals surface area (Å²) in [4.78, 5) is 29.7. The number of allylic oxidation sites excluding steroid dienone is 1. The van der Waals surface area contributed by atoms with Crippen LogP contribution in [0.25, 0.3) is 0 Å². The van der Waals surface area contributed by atoms with Crippen LogP contribution < -0.4 is 10.2 Å². The molecule has 1 aliphatic heterocycles. The van der Waals surface area contributed by atoms with Crippen molar-refractivity contribution in [3.05, 3.63) is 105 Å². The maximum Gasteiger partial charge on any atom is 0.228 e. The molecule has 2 aliphatic rings. The lowest BCUT2D eigenvalue weighted by molar-refractivity contribution is -0.119. The number of benzene rings is 3. The van der Waals surface area contributed by atoms with Gasteiger partial charge in [0.1, 0.15) is 0 Å². The molecule has 0 saturated heterocycles. The number of anilines is 2. The Morgan fingerprint density at radius 3 is 2.38 bits per heavy atom. The van der Waals surface area contributed by atoms with Crippen LogP contribution in [0.1, 0.15) is 61.8 Å². The lowest BCUT2D eigenvalue weighted by Gasteiger charge is -2.35. The van der Waals surface area contributed by atoms with Crippen LogP contribution in [0.15, 0.2) is 78.0 Å². The number of halogens is 2. The number of rotatable bonds is 4. The normalized spacial score (nSPS) is 19.3. The van der Waals surface area contributed by atoms with Crippen molar-refractivity contribution in [2.75, 3.05) is 10.2 Å². The molecule has 37 heavy (non-hydrogen) atoms. The molecule has 0 bridgehead atoms. The minimum Gasteiger partial charge on any atom is -0.357 e. The fourth-order valence-corrected chi connectivity index (χ4v) is 5.69. The third-order valence-electron chi connectivity index (χ3n) is 7.15. The van der Waals surface area contributed by atoms with Gasteiger partial charge in [0.2, 0.25) is 5.91 Å². The number of hydrogen-bond donors (Lipinski definition) is 1. The van der Waals surface area contributed by atoms with E-state index in [0.29, 0.717) is 34.9 Å². The molecule has 1 amide bonds. The third-order valence-corrected chi connectivity index (χ3v) is 7.89. The Balaban J connectivity index is 1.69. The van der Waals surface area contributed by atoms with Gasteiger partial charge in [-0.1, -0.05) is 85.1 Å². The zero-order valence-electron chi connectivity index (χ0n) is 21.2. The molecule has 0 aromatic heterocycles. The van der Waals surface area contributed by atoms with Gasteiger partial charge in [-0.05, 0) is 60.6 Å². The zero-order valence-corrected chi connectivity index (χ0v) is 22.7. The Morgan fingerprint density at radius 2 is 1.68 bits per heavy atom. The van der Waals surface area contributed by atoms with E-state index in [1.165, 1.54) is 0 Å². The first-order valence-corrected chi connectivity index (χ1v) is 13.4. The molecule has 4 nitrogen and oxygen atoms in total. The highest BCUT2D eigenvalue weighted by atomic mass is 35.5. The van der Waals surface area contributed by atoms with E-state index < -0.39 is 6.04 Å².